The molecular weight excluding hydrogens is 316 g/mol. The number of rotatable bonds is 4. The maximum Gasteiger partial charge on any atom is 0.142 e. The summed E-state index contributed by atoms with van der Waals surface area (Å²) in [6.07, 6.45) is 3.46. The molecule has 0 bridgehead atoms. The fraction of sp³-hybridized carbons (Fsp3) is 0.625. The lowest BCUT2D eigenvalue weighted by Crippen LogP contribution is -2.50. The molecule has 0 amide bonds. The van der Waals surface area contributed by atoms with Crippen LogP contribution in [-0.2, 0) is 0 Å². The third-order valence-corrected chi connectivity index (χ3v) is 4.93. The summed E-state index contributed by atoms with van der Waals surface area (Å²) >= 11 is 3.58. The van der Waals surface area contributed by atoms with Crippen molar-refractivity contribution in [2.45, 2.75) is 38.6 Å². The molecular formula is C16H25BrN2O. The van der Waals surface area contributed by atoms with Crippen molar-refractivity contribution in [2.24, 2.45) is 0 Å². The average Bonchev–Trinajstić information content (AvgIpc) is 2.70. The van der Waals surface area contributed by atoms with Crippen molar-refractivity contribution in [1.82, 2.24) is 5.32 Å². The quantitative estimate of drug-likeness (QED) is 0.901. The molecule has 1 aromatic carbocycles. The highest BCUT2D eigenvalue weighted by atomic mass is 79.9. The number of methoxy groups -OCH3 is 1. The first-order valence-corrected chi connectivity index (χ1v) is 8.27. The van der Waals surface area contributed by atoms with Gasteiger partial charge < -0.3 is 15.0 Å². The molecule has 1 heterocycles. The molecule has 2 rings (SSSR count). The third kappa shape index (κ3) is 3.29. The lowest BCUT2D eigenvalue weighted by molar-refractivity contribution is 0.321. The van der Waals surface area contributed by atoms with Crippen LogP contribution in [0.1, 0.15) is 33.1 Å². The van der Waals surface area contributed by atoms with Crippen LogP contribution in [0.3, 0.4) is 0 Å². The van der Waals surface area contributed by atoms with Gasteiger partial charge >= 0.3 is 0 Å². The van der Waals surface area contributed by atoms with Crippen molar-refractivity contribution in [3.63, 3.8) is 0 Å². The minimum absolute atomic E-state index is 0.212. The van der Waals surface area contributed by atoms with Gasteiger partial charge in [0.25, 0.3) is 0 Å². The van der Waals surface area contributed by atoms with Gasteiger partial charge in [-0.05, 0) is 44.0 Å². The van der Waals surface area contributed by atoms with Gasteiger partial charge in [-0.3, -0.25) is 0 Å². The normalized spacial score (nSPS) is 18.7. The van der Waals surface area contributed by atoms with Crippen molar-refractivity contribution in [2.75, 3.05) is 31.6 Å². The van der Waals surface area contributed by atoms with E-state index in [1.54, 1.807) is 7.11 Å². The zero-order valence-corrected chi connectivity index (χ0v) is 14.3. The molecule has 1 N–H and O–H groups in total. The first-order chi connectivity index (χ1) is 9.64. The number of anilines is 1. The molecule has 112 valence electrons. The second kappa shape index (κ2) is 6.81. The Kier molecular flexibility index (Phi) is 5.33. The molecule has 1 saturated heterocycles. The van der Waals surface area contributed by atoms with E-state index in [0.29, 0.717) is 0 Å². The molecule has 20 heavy (non-hydrogen) atoms. The topological polar surface area (TPSA) is 24.5 Å². The Hall–Kier alpha value is -0.740. The number of nitrogens with zero attached hydrogens (tertiary/aromatic N) is 1. The van der Waals surface area contributed by atoms with Crippen LogP contribution >= 0.6 is 15.9 Å². The molecule has 1 fully saturated rings. The highest BCUT2D eigenvalue weighted by molar-refractivity contribution is 9.10. The Morgan fingerprint density at radius 1 is 1.35 bits per heavy atom. The highest BCUT2D eigenvalue weighted by Gasteiger charge is 2.31. The van der Waals surface area contributed by atoms with E-state index in [2.05, 4.69) is 46.1 Å². The largest absolute Gasteiger partial charge is 0.495 e. The average molecular weight is 341 g/mol. The summed E-state index contributed by atoms with van der Waals surface area (Å²) < 4.78 is 6.65. The number of ether oxygens (including phenoxy) is 1. The monoisotopic (exact) mass is 340 g/mol. The van der Waals surface area contributed by atoms with E-state index in [-0.39, 0.29) is 5.54 Å². The summed E-state index contributed by atoms with van der Waals surface area (Å²) in [7, 11) is 1.75. The molecule has 0 atom stereocenters. The summed E-state index contributed by atoms with van der Waals surface area (Å²) in [6.45, 7) is 7.75. The summed E-state index contributed by atoms with van der Waals surface area (Å²) in [5.41, 5.74) is 1.40. The standard InChI is InChI=1S/C16H25BrN2O/c1-4-16(5-2)12-19(10-6-9-18-16)14-11-13(17)7-8-15(14)20-3/h7-8,11,18H,4-6,9-10,12H2,1-3H3. The van der Waals surface area contributed by atoms with Gasteiger partial charge in [-0.1, -0.05) is 29.8 Å². The van der Waals surface area contributed by atoms with E-state index in [0.717, 1.165) is 49.1 Å². The Bertz CT molecular complexity index is 446. The zero-order chi connectivity index (χ0) is 14.6. The number of hydrogen-bond donors (Lipinski definition) is 1. The molecule has 4 heteroatoms. The number of benzene rings is 1. The fourth-order valence-electron chi connectivity index (χ4n) is 2.96. The highest BCUT2D eigenvalue weighted by Crippen LogP contribution is 2.34. The molecule has 3 nitrogen and oxygen atoms in total. The number of nitrogens with one attached hydrogen (secondary N) is 1. The number of hydrogen-bond acceptors (Lipinski definition) is 3. The number of halogens is 1. The first-order valence-electron chi connectivity index (χ1n) is 7.47. The van der Waals surface area contributed by atoms with Crippen LogP contribution in [0, 0.1) is 0 Å². The predicted octanol–water partition coefficient (Wildman–Crippen LogP) is 3.82. The fourth-order valence-corrected chi connectivity index (χ4v) is 3.31. The molecule has 1 aliphatic rings. The molecule has 0 aliphatic carbocycles. The molecule has 0 unspecified atom stereocenters. The molecule has 0 saturated carbocycles. The maximum atomic E-state index is 5.55. The van der Waals surface area contributed by atoms with Crippen molar-refractivity contribution in [3.8, 4) is 5.75 Å². The minimum atomic E-state index is 0.212. The Balaban J connectivity index is 2.32. The zero-order valence-electron chi connectivity index (χ0n) is 12.7. The molecule has 0 spiro atoms. The van der Waals surface area contributed by atoms with Gasteiger partial charge in [-0.2, -0.15) is 0 Å². The van der Waals surface area contributed by atoms with Gasteiger partial charge in [-0.25, -0.2) is 0 Å². The molecule has 1 aliphatic heterocycles. The maximum absolute atomic E-state index is 5.55. The summed E-state index contributed by atoms with van der Waals surface area (Å²) in [5.74, 6) is 0.955. The van der Waals surface area contributed by atoms with Crippen molar-refractivity contribution in [1.29, 1.82) is 0 Å². The Morgan fingerprint density at radius 2 is 2.10 bits per heavy atom. The van der Waals surface area contributed by atoms with Crippen LogP contribution in [-0.4, -0.2) is 32.3 Å². The van der Waals surface area contributed by atoms with Gasteiger partial charge in [0, 0.05) is 23.1 Å². The van der Waals surface area contributed by atoms with Crippen molar-refractivity contribution >= 4 is 21.6 Å². The Morgan fingerprint density at radius 3 is 2.75 bits per heavy atom. The van der Waals surface area contributed by atoms with Crippen LogP contribution in [0.5, 0.6) is 5.75 Å². The van der Waals surface area contributed by atoms with Gasteiger partial charge in [0.2, 0.25) is 0 Å². The van der Waals surface area contributed by atoms with Gasteiger partial charge in [0.15, 0.2) is 0 Å². The van der Waals surface area contributed by atoms with E-state index in [1.807, 2.05) is 12.1 Å². The van der Waals surface area contributed by atoms with Crippen molar-refractivity contribution < 1.29 is 4.74 Å². The smallest absolute Gasteiger partial charge is 0.142 e. The third-order valence-electron chi connectivity index (χ3n) is 4.43. The van der Waals surface area contributed by atoms with Crippen LogP contribution in [0.2, 0.25) is 0 Å². The van der Waals surface area contributed by atoms with Gasteiger partial charge in [0.1, 0.15) is 5.75 Å². The van der Waals surface area contributed by atoms with E-state index in [1.165, 1.54) is 5.69 Å². The lowest BCUT2D eigenvalue weighted by Gasteiger charge is -2.36. The van der Waals surface area contributed by atoms with E-state index < -0.39 is 0 Å². The van der Waals surface area contributed by atoms with Crippen LogP contribution < -0.4 is 15.0 Å². The van der Waals surface area contributed by atoms with Crippen LogP contribution in [0.25, 0.3) is 0 Å². The second-order valence-corrected chi connectivity index (χ2v) is 6.42. The van der Waals surface area contributed by atoms with E-state index in [4.69, 9.17) is 4.74 Å². The van der Waals surface area contributed by atoms with E-state index in [9.17, 15) is 0 Å². The summed E-state index contributed by atoms with van der Waals surface area (Å²) in [5, 5.41) is 3.75. The molecule has 0 radical (unpaired) electrons. The SMILES string of the molecule is CCC1(CC)CN(c2cc(Br)ccc2OC)CCCN1. The van der Waals surface area contributed by atoms with Gasteiger partial charge in [0.05, 0.1) is 12.8 Å². The van der Waals surface area contributed by atoms with E-state index >= 15 is 0 Å². The van der Waals surface area contributed by atoms with Crippen LogP contribution in [0.15, 0.2) is 22.7 Å². The Labute approximate surface area is 130 Å². The van der Waals surface area contributed by atoms with Crippen molar-refractivity contribution in [3.05, 3.63) is 22.7 Å². The molecule has 1 aromatic rings. The predicted molar refractivity (Wildman–Crippen MR) is 88.8 cm³/mol. The van der Waals surface area contributed by atoms with Crippen LogP contribution in [0.4, 0.5) is 5.69 Å². The second-order valence-electron chi connectivity index (χ2n) is 5.51. The first kappa shape index (κ1) is 15.6. The summed E-state index contributed by atoms with van der Waals surface area (Å²) in [6, 6.07) is 6.24. The lowest BCUT2D eigenvalue weighted by atomic mass is 9.92. The van der Waals surface area contributed by atoms with Gasteiger partial charge in [-0.15, -0.1) is 0 Å². The summed E-state index contributed by atoms with van der Waals surface area (Å²) in [4.78, 5) is 2.47. The molecule has 0 aromatic heterocycles. The minimum Gasteiger partial charge on any atom is -0.495 e.